The van der Waals surface area contributed by atoms with Gasteiger partial charge in [0.05, 0.1) is 17.8 Å². The first-order chi connectivity index (χ1) is 17.0. The molecule has 2 aromatic heterocycles. The van der Waals surface area contributed by atoms with E-state index >= 15 is 0 Å². The van der Waals surface area contributed by atoms with Crippen molar-refractivity contribution in [2.45, 2.75) is 32.9 Å². The minimum Gasteiger partial charge on any atom is -0.454 e. The van der Waals surface area contributed by atoms with Crippen molar-refractivity contribution in [1.82, 2.24) is 14.9 Å². The average Bonchev–Trinajstić information content (AvgIpc) is 3.55. The maximum absolute atomic E-state index is 5.90. The largest absolute Gasteiger partial charge is 0.454 e. The van der Waals surface area contributed by atoms with E-state index in [4.69, 9.17) is 21.7 Å². The SMILES string of the molecule is Cc1ccc(-n2c(C)cc([C@@H]3[C@H](c4ccccn4)NC(=S)N3c3ccc4c(c3)OCO4)c2C)cc1. The van der Waals surface area contributed by atoms with Crippen LogP contribution in [0.2, 0.25) is 0 Å². The minimum atomic E-state index is -0.110. The monoisotopic (exact) mass is 482 g/mol. The van der Waals surface area contributed by atoms with Crippen molar-refractivity contribution in [2.75, 3.05) is 11.7 Å². The first kappa shape index (κ1) is 21.7. The van der Waals surface area contributed by atoms with E-state index in [2.05, 4.69) is 76.9 Å². The van der Waals surface area contributed by atoms with E-state index in [1.165, 1.54) is 22.5 Å². The molecule has 2 aromatic carbocycles. The summed E-state index contributed by atoms with van der Waals surface area (Å²) in [5.74, 6) is 1.48. The number of nitrogens with zero attached hydrogens (tertiary/aromatic N) is 3. The maximum Gasteiger partial charge on any atom is 0.231 e. The van der Waals surface area contributed by atoms with Crippen LogP contribution in [0.5, 0.6) is 11.5 Å². The van der Waals surface area contributed by atoms with Gasteiger partial charge in [0, 0.05) is 35.0 Å². The summed E-state index contributed by atoms with van der Waals surface area (Å²) in [4.78, 5) is 6.86. The Morgan fingerprint density at radius 1 is 0.914 bits per heavy atom. The normalized spacial score (nSPS) is 18.7. The van der Waals surface area contributed by atoms with Crippen LogP contribution in [0, 0.1) is 20.8 Å². The molecule has 0 saturated carbocycles. The zero-order chi connectivity index (χ0) is 24.1. The molecule has 2 atom stereocenters. The number of aromatic nitrogens is 2. The van der Waals surface area contributed by atoms with E-state index in [9.17, 15) is 0 Å². The van der Waals surface area contributed by atoms with Crippen molar-refractivity contribution in [2.24, 2.45) is 0 Å². The Hall–Kier alpha value is -3.84. The van der Waals surface area contributed by atoms with Crippen LogP contribution in [0.4, 0.5) is 5.69 Å². The van der Waals surface area contributed by atoms with Gasteiger partial charge in [0.25, 0.3) is 0 Å². The minimum absolute atomic E-state index is 0.0943. The Balaban J connectivity index is 1.51. The molecular weight excluding hydrogens is 456 g/mol. The summed E-state index contributed by atoms with van der Waals surface area (Å²) in [6, 6.07) is 22.7. The zero-order valence-corrected chi connectivity index (χ0v) is 20.7. The summed E-state index contributed by atoms with van der Waals surface area (Å²) in [5, 5.41) is 4.21. The van der Waals surface area contributed by atoms with Crippen LogP contribution in [-0.2, 0) is 0 Å². The van der Waals surface area contributed by atoms with Gasteiger partial charge in [0.15, 0.2) is 16.6 Å². The molecule has 6 rings (SSSR count). The van der Waals surface area contributed by atoms with E-state index < -0.39 is 0 Å². The molecule has 0 amide bonds. The van der Waals surface area contributed by atoms with Crippen LogP contribution >= 0.6 is 12.2 Å². The van der Waals surface area contributed by atoms with Crippen LogP contribution in [0.1, 0.15) is 40.3 Å². The molecule has 4 aromatic rings. The molecule has 0 aliphatic carbocycles. The first-order valence-corrected chi connectivity index (χ1v) is 12.1. The van der Waals surface area contributed by atoms with E-state index in [0.717, 1.165) is 28.6 Å². The molecule has 6 nitrogen and oxygen atoms in total. The fourth-order valence-electron chi connectivity index (χ4n) is 5.16. The van der Waals surface area contributed by atoms with E-state index in [1.54, 1.807) is 0 Å². The second-order valence-corrected chi connectivity index (χ2v) is 9.42. The van der Waals surface area contributed by atoms with Gasteiger partial charge in [-0.05, 0) is 81.0 Å². The highest BCUT2D eigenvalue weighted by Gasteiger charge is 2.42. The van der Waals surface area contributed by atoms with Crippen LogP contribution < -0.4 is 19.7 Å². The summed E-state index contributed by atoms with van der Waals surface area (Å²) >= 11 is 5.90. The third kappa shape index (κ3) is 3.63. The van der Waals surface area contributed by atoms with Crippen LogP contribution in [0.15, 0.2) is 72.9 Å². The first-order valence-electron chi connectivity index (χ1n) is 11.7. The van der Waals surface area contributed by atoms with Crippen LogP contribution in [-0.4, -0.2) is 21.5 Å². The van der Waals surface area contributed by atoms with Crippen molar-refractivity contribution in [3.8, 4) is 17.2 Å². The molecule has 1 N–H and O–H groups in total. The molecule has 0 spiro atoms. The lowest BCUT2D eigenvalue weighted by Crippen LogP contribution is -2.29. The molecule has 1 saturated heterocycles. The highest BCUT2D eigenvalue weighted by Crippen LogP contribution is 2.46. The summed E-state index contributed by atoms with van der Waals surface area (Å²) < 4.78 is 13.5. The number of benzene rings is 2. The van der Waals surface area contributed by atoms with E-state index in [0.29, 0.717) is 5.11 Å². The molecule has 0 radical (unpaired) electrons. The van der Waals surface area contributed by atoms with Crippen molar-refractivity contribution >= 4 is 23.0 Å². The number of ether oxygens (including phenoxy) is 2. The molecule has 2 aliphatic heterocycles. The summed E-state index contributed by atoms with van der Waals surface area (Å²) in [5.41, 5.74) is 7.83. The smallest absolute Gasteiger partial charge is 0.231 e. The van der Waals surface area contributed by atoms with Crippen molar-refractivity contribution in [3.63, 3.8) is 0 Å². The Morgan fingerprint density at radius 2 is 1.69 bits per heavy atom. The quantitative estimate of drug-likeness (QED) is 0.377. The van der Waals surface area contributed by atoms with Gasteiger partial charge in [0.2, 0.25) is 6.79 Å². The van der Waals surface area contributed by atoms with Gasteiger partial charge in [-0.3, -0.25) is 4.98 Å². The highest BCUT2D eigenvalue weighted by atomic mass is 32.1. The Labute approximate surface area is 210 Å². The molecule has 0 bridgehead atoms. The topological polar surface area (TPSA) is 51.6 Å². The second-order valence-electron chi connectivity index (χ2n) is 9.03. The Kier molecular flexibility index (Phi) is 5.22. The number of nitrogens with one attached hydrogen (secondary N) is 1. The van der Waals surface area contributed by atoms with Crippen molar-refractivity contribution < 1.29 is 9.47 Å². The average molecular weight is 483 g/mol. The van der Waals surface area contributed by atoms with Gasteiger partial charge in [0.1, 0.15) is 0 Å². The molecule has 1 fully saturated rings. The van der Waals surface area contributed by atoms with Gasteiger partial charge in [-0.2, -0.15) is 0 Å². The number of rotatable bonds is 4. The lowest BCUT2D eigenvalue weighted by molar-refractivity contribution is 0.174. The number of anilines is 1. The summed E-state index contributed by atoms with van der Waals surface area (Å²) in [6.07, 6.45) is 1.83. The molecule has 35 heavy (non-hydrogen) atoms. The number of aryl methyl sites for hydroxylation is 2. The Morgan fingerprint density at radius 3 is 2.46 bits per heavy atom. The number of hydrogen-bond acceptors (Lipinski definition) is 4. The third-order valence-corrected chi connectivity index (χ3v) is 7.13. The predicted molar refractivity (Wildman–Crippen MR) is 140 cm³/mol. The van der Waals surface area contributed by atoms with Gasteiger partial charge in [-0.25, -0.2) is 0 Å². The highest BCUT2D eigenvalue weighted by molar-refractivity contribution is 7.80. The van der Waals surface area contributed by atoms with Crippen molar-refractivity contribution in [3.05, 3.63) is 101 Å². The lowest BCUT2D eigenvalue weighted by Gasteiger charge is -2.28. The van der Waals surface area contributed by atoms with Gasteiger partial charge < -0.3 is 24.3 Å². The zero-order valence-electron chi connectivity index (χ0n) is 19.9. The lowest BCUT2D eigenvalue weighted by atomic mass is 9.96. The Bertz CT molecular complexity index is 1420. The molecular formula is C28H26N4O2S. The van der Waals surface area contributed by atoms with E-state index in [1.807, 2.05) is 36.5 Å². The number of thiocarbonyl (C=S) groups is 1. The fraction of sp³-hybridized carbons (Fsp3) is 0.214. The van der Waals surface area contributed by atoms with Gasteiger partial charge >= 0.3 is 0 Å². The second kappa shape index (κ2) is 8.43. The van der Waals surface area contributed by atoms with Crippen LogP contribution in [0.25, 0.3) is 5.69 Å². The molecule has 0 unspecified atom stereocenters. The van der Waals surface area contributed by atoms with Crippen molar-refractivity contribution in [1.29, 1.82) is 0 Å². The molecule has 4 heterocycles. The molecule has 176 valence electrons. The van der Waals surface area contributed by atoms with Gasteiger partial charge in [-0.1, -0.05) is 23.8 Å². The van der Waals surface area contributed by atoms with E-state index in [-0.39, 0.29) is 18.9 Å². The third-order valence-electron chi connectivity index (χ3n) is 6.81. The summed E-state index contributed by atoms with van der Waals surface area (Å²) in [7, 11) is 0. The summed E-state index contributed by atoms with van der Waals surface area (Å²) in [6.45, 7) is 6.67. The van der Waals surface area contributed by atoms with Gasteiger partial charge in [-0.15, -0.1) is 0 Å². The number of pyridine rings is 1. The standard InChI is InChI=1S/C28H26N4O2S/c1-17-7-9-20(10-8-17)31-18(2)14-22(19(31)3)27-26(23-6-4-5-13-29-23)30-28(35)32(27)21-11-12-24-25(15-21)34-16-33-24/h4-15,26-27H,16H2,1-3H3,(H,30,35)/t26-,27+/m0/s1. The van der Waals surface area contributed by atoms with Crippen LogP contribution in [0.3, 0.4) is 0 Å². The molecule has 2 aliphatic rings. The molecule has 7 heteroatoms. The fourth-order valence-corrected chi connectivity index (χ4v) is 5.51. The predicted octanol–water partition coefficient (Wildman–Crippen LogP) is 5.70. The number of fused-ring (bicyclic) bond motifs is 1. The number of hydrogen-bond donors (Lipinski definition) is 1. The maximum atomic E-state index is 5.90.